The molecule has 3 nitrogen and oxygen atoms in total. The van der Waals surface area contributed by atoms with Crippen LogP contribution < -0.4 is 9.80 Å². The molecule has 164 valence electrons. The minimum absolute atomic E-state index is 0.308. The van der Waals surface area contributed by atoms with Crippen LogP contribution in [0.25, 0.3) is 17.2 Å². The lowest BCUT2D eigenvalue weighted by atomic mass is 9.91. The first-order chi connectivity index (χ1) is 15.3. The van der Waals surface area contributed by atoms with E-state index in [0.29, 0.717) is 11.4 Å². The van der Waals surface area contributed by atoms with Gasteiger partial charge in [0.15, 0.2) is 0 Å². The maximum Gasteiger partial charge on any atom is 0.0790 e. The maximum atomic E-state index is 9.40. The van der Waals surface area contributed by atoms with E-state index in [4.69, 9.17) is 23.2 Å². The molecule has 0 aromatic heterocycles. The summed E-state index contributed by atoms with van der Waals surface area (Å²) in [5.41, 5.74) is 6.71. The van der Waals surface area contributed by atoms with Gasteiger partial charge in [0.1, 0.15) is 0 Å². The average Bonchev–Trinajstić information content (AvgIpc) is 2.78. The molecule has 0 heterocycles. The first-order valence-electron chi connectivity index (χ1n) is 10.4. The van der Waals surface area contributed by atoms with Crippen LogP contribution in [0.3, 0.4) is 0 Å². The molecule has 0 aliphatic rings. The van der Waals surface area contributed by atoms with Crippen molar-refractivity contribution in [2.75, 3.05) is 38.0 Å². The predicted molar refractivity (Wildman–Crippen MR) is 139 cm³/mol. The van der Waals surface area contributed by atoms with Crippen molar-refractivity contribution in [3.63, 3.8) is 0 Å². The third kappa shape index (κ3) is 5.27. The third-order valence-corrected chi connectivity index (χ3v) is 6.10. The Kier molecular flexibility index (Phi) is 7.85. The van der Waals surface area contributed by atoms with Gasteiger partial charge < -0.3 is 9.80 Å². The Morgan fingerprint density at radius 3 is 2.28 bits per heavy atom. The number of allylic oxidation sites excluding steroid dienone is 1. The van der Waals surface area contributed by atoms with Crippen molar-refractivity contribution in [2.45, 2.75) is 11.8 Å². The summed E-state index contributed by atoms with van der Waals surface area (Å²) in [6, 6.07) is 22.5. The molecule has 3 aromatic carbocycles. The minimum Gasteiger partial charge on any atom is -0.378 e. The Balaban J connectivity index is 2.21. The highest BCUT2D eigenvalue weighted by Crippen LogP contribution is 2.44. The van der Waals surface area contributed by atoms with Crippen molar-refractivity contribution >= 4 is 40.7 Å². The quantitative estimate of drug-likeness (QED) is 0.347. The van der Waals surface area contributed by atoms with Gasteiger partial charge >= 0.3 is 0 Å². The second-order valence-electron chi connectivity index (χ2n) is 8.00. The van der Waals surface area contributed by atoms with Gasteiger partial charge in [-0.25, -0.2) is 0 Å². The fourth-order valence-corrected chi connectivity index (χ4v) is 4.43. The molecule has 5 heteroatoms. The monoisotopic (exact) mass is 463 g/mol. The van der Waals surface area contributed by atoms with Crippen molar-refractivity contribution in [1.82, 2.24) is 0 Å². The molecule has 0 fully saturated rings. The minimum atomic E-state index is -0.449. The Bertz CT molecular complexity index is 1150. The molecule has 0 amide bonds. The molecule has 0 aliphatic carbocycles. The highest BCUT2D eigenvalue weighted by atomic mass is 35.5. The van der Waals surface area contributed by atoms with Crippen LogP contribution in [-0.4, -0.2) is 28.2 Å². The van der Waals surface area contributed by atoms with E-state index in [1.165, 1.54) is 0 Å². The Hall–Kier alpha value is -2.93. The van der Waals surface area contributed by atoms with Crippen LogP contribution in [0.1, 0.15) is 22.1 Å². The topological polar surface area (TPSA) is 30.3 Å². The highest BCUT2D eigenvalue weighted by Gasteiger charge is 2.21. The van der Waals surface area contributed by atoms with E-state index in [9.17, 15) is 5.26 Å². The van der Waals surface area contributed by atoms with Crippen LogP contribution >= 0.6 is 23.2 Å². The lowest BCUT2D eigenvalue weighted by Gasteiger charge is -2.23. The molecule has 0 aliphatic heterocycles. The average molecular weight is 464 g/mol. The molecular formula is C27H27Cl2N3. The summed E-state index contributed by atoms with van der Waals surface area (Å²) in [5, 5.41) is 9.57. The molecule has 0 saturated heterocycles. The van der Waals surface area contributed by atoms with E-state index in [-0.39, 0.29) is 0 Å². The van der Waals surface area contributed by atoms with Crippen LogP contribution in [0.5, 0.6) is 0 Å². The van der Waals surface area contributed by atoms with Gasteiger partial charge in [0, 0.05) is 39.4 Å². The molecule has 3 aromatic rings. The summed E-state index contributed by atoms with van der Waals surface area (Å²) >= 11 is 13.9. The van der Waals surface area contributed by atoms with E-state index in [0.717, 1.165) is 39.2 Å². The fourth-order valence-electron chi connectivity index (χ4n) is 3.62. The van der Waals surface area contributed by atoms with Gasteiger partial charge in [0.05, 0.1) is 28.6 Å². The number of hydrogen-bond donors (Lipinski definition) is 0. The Morgan fingerprint density at radius 1 is 0.938 bits per heavy atom. The lowest BCUT2D eigenvalue weighted by Crippen LogP contribution is -2.11. The number of hydrogen-bond acceptors (Lipinski definition) is 3. The molecule has 32 heavy (non-hydrogen) atoms. The fraction of sp³-hybridized carbons (Fsp3) is 0.222. The predicted octanol–water partition coefficient (Wildman–Crippen LogP) is 7.20. The van der Waals surface area contributed by atoms with E-state index in [1.54, 1.807) is 0 Å². The van der Waals surface area contributed by atoms with E-state index in [1.807, 2.05) is 98.7 Å². The Morgan fingerprint density at radius 2 is 1.66 bits per heavy atom. The van der Waals surface area contributed by atoms with Crippen LogP contribution in [0.2, 0.25) is 5.02 Å². The molecule has 0 spiro atoms. The van der Waals surface area contributed by atoms with Crippen LogP contribution in [0, 0.1) is 11.3 Å². The number of anilines is 2. The van der Waals surface area contributed by atoms with Crippen molar-refractivity contribution in [3.05, 3.63) is 88.5 Å². The summed E-state index contributed by atoms with van der Waals surface area (Å²) in [6.45, 7) is 0. The zero-order valence-electron chi connectivity index (χ0n) is 18.8. The summed E-state index contributed by atoms with van der Waals surface area (Å²) in [7, 11) is 7.92. The van der Waals surface area contributed by atoms with E-state index >= 15 is 0 Å². The normalized spacial score (nSPS) is 11.9. The number of nitrogens with zero attached hydrogens (tertiary/aromatic N) is 3. The molecule has 0 bridgehead atoms. The molecule has 3 rings (SSSR count). The zero-order chi connectivity index (χ0) is 23.3. The summed E-state index contributed by atoms with van der Waals surface area (Å²) < 4.78 is 0. The molecule has 0 N–H and O–H groups in total. The largest absolute Gasteiger partial charge is 0.378 e. The number of rotatable bonds is 7. The highest BCUT2D eigenvalue weighted by molar-refractivity contribution is 6.36. The van der Waals surface area contributed by atoms with Crippen molar-refractivity contribution < 1.29 is 0 Å². The first kappa shape index (κ1) is 23.7. The van der Waals surface area contributed by atoms with Crippen LogP contribution in [-0.2, 0) is 6.42 Å². The summed E-state index contributed by atoms with van der Waals surface area (Å²) in [4.78, 5) is 4.02. The number of benzene rings is 3. The number of nitriles is 1. The molecular weight excluding hydrogens is 437 g/mol. The molecule has 1 unspecified atom stereocenters. The van der Waals surface area contributed by atoms with E-state index < -0.39 is 5.38 Å². The van der Waals surface area contributed by atoms with Gasteiger partial charge in [-0.2, -0.15) is 5.26 Å². The second kappa shape index (κ2) is 10.6. The smallest absolute Gasteiger partial charge is 0.0790 e. The van der Waals surface area contributed by atoms with Crippen molar-refractivity contribution in [1.29, 1.82) is 5.26 Å². The number of halogens is 2. The maximum absolute atomic E-state index is 9.40. The molecule has 0 saturated carbocycles. The standard InChI is InChI=1S/C27H27Cl2N3/c1-31(2)21-12-11-20(16-17-30)23(18-21)22-13-15-25(32(3)4)27(29)26(22)24(28)14-10-19-8-6-5-7-9-19/h5-15,18,24H,16H2,1-4H3/b14-10+. The number of alkyl halides is 1. The van der Waals surface area contributed by atoms with Gasteiger partial charge in [-0.05, 0) is 40.5 Å². The van der Waals surface area contributed by atoms with Gasteiger partial charge in [0.25, 0.3) is 0 Å². The van der Waals surface area contributed by atoms with Gasteiger partial charge in [-0.15, -0.1) is 11.6 Å². The molecule has 0 radical (unpaired) electrons. The van der Waals surface area contributed by atoms with Gasteiger partial charge in [-0.3, -0.25) is 0 Å². The first-order valence-corrected chi connectivity index (χ1v) is 11.2. The van der Waals surface area contributed by atoms with Crippen LogP contribution in [0.4, 0.5) is 11.4 Å². The van der Waals surface area contributed by atoms with Gasteiger partial charge in [0.2, 0.25) is 0 Å². The lowest BCUT2D eigenvalue weighted by molar-refractivity contribution is 1.11. The zero-order valence-corrected chi connectivity index (χ0v) is 20.3. The second-order valence-corrected chi connectivity index (χ2v) is 8.84. The third-order valence-electron chi connectivity index (χ3n) is 5.34. The van der Waals surface area contributed by atoms with Gasteiger partial charge in [-0.1, -0.05) is 66.2 Å². The van der Waals surface area contributed by atoms with Crippen molar-refractivity contribution in [2.24, 2.45) is 0 Å². The van der Waals surface area contributed by atoms with Crippen LogP contribution in [0.15, 0.2) is 66.7 Å². The molecule has 1 atom stereocenters. The van der Waals surface area contributed by atoms with E-state index in [2.05, 4.69) is 18.2 Å². The summed E-state index contributed by atoms with van der Waals surface area (Å²) in [6.07, 6.45) is 4.27. The summed E-state index contributed by atoms with van der Waals surface area (Å²) in [5.74, 6) is 0. The Labute approximate surface area is 201 Å². The van der Waals surface area contributed by atoms with Crippen molar-refractivity contribution in [3.8, 4) is 17.2 Å². The SMILES string of the molecule is CN(C)c1ccc(CC#N)c(-c2ccc(N(C)C)c(Cl)c2C(Cl)/C=C/c2ccccc2)c1.